The SMILES string of the molecule is Cc1nccc(-c2ccc(C)c(NC(=O)C3=CNC(=O)CC3c3ccc(F)cc3)c2)n1. The molecule has 1 aromatic heterocycles. The zero-order chi connectivity index (χ0) is 22.0. The first-order valence-corrected chi connectivity index (χ1v) is 9.87. The van der Waals surface area contributed by atoms with Gasteiger partial charge >= 0.3 is 0 Å². The molecule has 156 valence electrons. The second-order valence-corrected chi connectivity index (χ2v) is 7.45. The normalized spacial score (nSPS) is 15.8. The summed E-state index contributed by atoms with van der Waals surface area (Å²) in [6.07, 6.45) is 3.24. The molecule has 1 unspecified atom stereocenters. The van der Waals surface area contributed by atoms with Crippen molar-refractivity contribution < 1.29 is 14.0 Å². The molecule has 2 N–H and O–H groups in total. The van der Waals surface area contributed by atoms with Crippen molar-refractivity contribution in [3.63, 3.8) is 0 Å². The van der Waals surface area contributed by atoms with E-state index in [0.29, 0.717) is 22.6 Å². The van der Waals surface area contributed by atoms with E-state index in [2.05, 4.69) is 20.6 Å². The van der Waals surface area contributed by atoms with Crippen molar-refractivity contribution in [1.82, 2.24) is 15.3 Å². The fraction of sp³-hybridized carbons (Fsp3) is 0.167. The molecule has 3 aromatic rings. The summed E-state index contributed by atoms with van der Waals surface area (Å²) in [4.78, 5) is 33.7. The summed E-state index contributed by atoms with van der Waals surface area (Å²) in [5.41, 5.74) is 4.27. The van der Waals surface area contributed by atoms with Gasteiger partial charge in [0.15, 0.2) is 0 Å². The number of carbonyl (C=O) groups is 2. The lowest BCUT2D eigenvalue weighted by atomic mass is 9.86. The molecule has 0 bridgehead atoms. The van der Waals surface area contributed by atoms with Crippen molar-refractivity contribution >= 4 is 17.5 Å². The third-order valence-electron chi connectivity index (χ3n) is 5.25. The molecule has 1 aliphatic heterocycles. The summed E-state index contributed by atoms with van der Waals surface area (Å²) < 4.78 is 13.3. The number of hydrogen-bond acceptors (Lipinski definition) is 4. The Bertz CT molecular complexity index is 1190. The molecule has 6 nitrogen and oxygen atoms in total. The van der Waals surface area contributed by atoms with E-state index < -0.39 is 5.92 Å². The summed E-state index contributed by atoms with van der Waals surface area (Å²) in [7, 11) is 0. The monoisotopic (exact) mass is 416 g/mol. The van der Waals surface area contributed by atoms with Crippen LogP contribution in [0.25, 0.3) is 11.3 Å². The topological polar surface area (TPSA) is 84.0 Å². The molecule has 0 radical (unpaired) electrons. The Kier molecular flexibility index (Phi) is 5.58. The minimum absolute atomic E-state index is 0.115. The largest absolute Gasteiger partial charge is 0.332 e. The third kappa shape index (κ3) is 4.50. The van der Waals surface area contributed by atoms with Crippen LogP contribution in [0.5, 0.6) is 0 Å². The number of nitrogens with zero attached hydrogens (tertiary/aromatic N) is 2. The minimum atomic E-state index is -0.456. The molecular weight excluding hydrogens is 395 g/mol. The fourth-order valence-corrected chi connectivity index (χ4v) is 3.56. The van der Waals surface area contributed by atoms with Crippen LogP contribution in [0.2, 0.25) is 0 Å². The van der Waals surface area contributed by atoms with Crippen LogP contribution in [0.1, 0.15) is 29.3 Å². The highest BCUT2D eigenvalue weighted by Crippen LogP contribution is 2.32. The van der Waals surface area contributed by atoms with E-state index in [9.17, 15) is 14.0 Å². The lowest BCUT2D eigenvalue weighted by Crippen LogP contribution is -2.32. The van der Waals surface area contributed by atoms with Crippen molar-refractivity contribution in [3.8, 4) is 11.3 Å². The summed E-state index contributed by atoms with van der Waals surface area (Å²) in [6, 6.07) is 13.4. The van der Waals surface area contributed by atoms with E-state index in [0.717, 1.165) is 16.8 Å². The maximum atomic E-state index is 13.3. The van der Waals surface area contributed by atoms with E-state index in [1.165, 1.54) is 18.3 Å². The molecule has 0 saturated carbocycles. The van der Waals surface area contributed by atoms with Gasteiger partial charge in [-0.3, -0.25) is 9.59 Å². The molecular formula is C24H21FN4O2. The predicted octanol–water partition coefficient (Wildman–Crippen LogP) is 4.03. The number of amides is 2. The molecule has 2 amide bonds. The molecule has 0 fully saturated rings. The van der Waals surface area contributed by atoms with E-state index in [1.807, 2.05) is 38.1 Å². The van der Waals surface area contributed by atoms with Gasteiger partial charge in [-0.15, -0.1) is 0 Å². The van der Waals surface area contributed by atoms with Crippen molar-refractivity contribution in [3.05, 3.63) is 89.3 Å². The van der Waals surface area contributed by atoms with Gasteiger partial charge < -0.3 is 10.6 Å². The van der Waals surface area contributed by atoms with Crippen LogP contribution in [-0.2, 0) is 9.59 Å². The van der Waals surface area contributed by atoms with Crippen molar-refractivity contribution in [2.45, 2.75) is 26.2 Å². The Hall–Kier alpha value is -3.87. The van der Waals surface area contributed by atoms with E-state index in [1.54, 1.807) is 18.3 Å². The average Bonchev–Trinajstić information content (AvgIpc) is 2.75. The summed E-state index contributed by atoms with van der Waals surface area (Å²) in [5, 5.41) is 5.57. The van der Waals surface area contributed by atoms with Gasteiger partial charge in [0.1, 0.15) is 11.6 Å². The zero-order valence-electron chi connectivity index (χ0n) is 17.1. The van der Waals surface area contributed by atoms with E-state index in [-0.39, 0.29) is 24.1 Å². The number of hydrogen-bond donors (Lipinski definition) is 2. The summed E-state index contributed by atoms with van der Waals surface area (Å²) >= 11 is 0. The van der Waals surface area contributed by atoms with Gasteiger partial charge in [0, 0.05) is 41.6 Å². The second-order valence-electron chi connectivity index (χ2n) is 7.45. The number of rotatable bonds is 4. The number of nitrogens with one attached hydrogen (secondary N) is 2. The molecule has 1 atom stereocenters. The molecule has 0 saturated heterocycles. The summed E-state index contributed by atoms with van der Waals surface area (Å²) in [6.45, 7) is 3.72. The standard InChI is InChI=1S/C24H21FN4O2/c1-14-3-4-17(21-9-10-26-15(2)28-21)11-22(14)29-24(31)20-13-27-23(30)12-19(20)16-5-7-18(25)8-6-16/h3-11,13,19H,12H2,1-2H3,(H,27,30)(H,29,31). The number of anilines is 1. The van der Waals surface area contributed by atoms with Gasteiger partial charge in [-0.1, -0.05) is 24.3 Å². The molecule has 2 heterocycles. The first-order chi connectivity index (χ1) is 14.9. The van der Waals surface area contributed by atoms with Crippen molar-refractivity contribution in [2.24, 2.45) is 0 Å². The maximum absolute atomic E-state index is 13.3. The predicted molar refractivity (Wildman–Crippen MR) is 116 cm³/mol. The molecule has 2 aromatic carbocycles. The number of aromatic nitrogens is 2. The third-order valence-corrected chi connectivity index (χ3v) is 5.25. The summed E-state index contributed by atoms with van der Waals surface area (Å²) in [5.74, 6) is -0.681. The quantitative estimate of drug-likeness (QED) is 0.673. The first kappa shape index (κ1) is 20.4. The number of carbonyl (C=O) groups excluding carboxylic acids is 2. The Morgan fingerprint density at radius 1 is 1.13 bits per heavy atom. The minimum Gasteiger partial charge on any atom is -0.332 e. The highest BCUT2D eigenvalue weighted by molar-refractivity contribution is 6.07. The van der Waals surface area contributed by atoms with E-state index in [4.69, 9.17) is 0 Å². The zero-order valence-corrected chi connectivity index (χ0v) is 17.1. The number of halogens is 1. The average molecular weight is 416 g/mol. The Morgan fingerprint density at radius 3 is 2.65 bits per heavy atom. The Morgan fingerprint density at radius 2 is 1.90 bits per heavy atom. The number of benzene rings is 2. The number of aryl methyl sites for hydroxylation is 2. The smallest absolute Gasteiger partial charge is 0.253 e. The van der Waals surface area contributed by atoms with Crippen molar-refractivity contribution in [1.29, 1.82) is 0 Å². The Balaban J connectivity index is 1.62. The van der Waals surface area contributed by atoms with Crippen LogP contribution in [-0.4, -0.2) is 21.8 Å². The lowest BCUT2D eigenvalue weighted by molar-refractivity contribution is -0.121. The fourth-order valence-electron chi connectivity index (χ4n) is 3.56. The van der Waals surface area contributed by atoms with E-state index >= 15 is 0 Å². The van der Waals surface area contributed by atoms with Gasteiger partial charge in [-0.2, -0.15) is 0 Å². The van der Waals surface area contributed by atoms with Crippen LogP contribution in [0.4, 0.5) is 10.1 Å². The maximum Gasteiger partial charge on any atom is 0.253 e. The Labute approximate surface area is 179 Å². The van der Waals surface area contributed by atoms with Gasteiger partial charge in [0.25, 0.3) is 5.91 Å². The molecule has 1 aliphatic rings. The molecule has 4 rings (SSSR count). The highest BCUT2D eigenvalue weighted by Gasteiger charge is 2.29. The molecule has 7 heteroatoms. The van der Waals surface area contributed by atoms with Crippen LogP contribution in [0.3, 0.4) is 0 Å². The first-order valence-electron chi connectivity index (χ1n) is 9.87. The van der Waals surface area contributed by atoms with Gasteiger partial charge in [-0.25, -0.2) is 14.4 Å². The van der Waals surface area contributed by atoms with Crippen LogP contribution < -0.4 is 10.6 Å². The van der Waals surface area contributed by atoms with Crippen LogP contribution in [0, 0.1) is 19.7 Å². The van der Waals surface area contributed by atoms with Crippen LogP contribution >= 0.6 is 0 Å². The highest BCUT2D eigenvalue weighted by atomic mass is 19.1. The van der Waals surface area contributed by atoms with Crippen LogP contribution in [0.15, 0.2) is 66.5 Å². The molecule has 31 heavy (non-hydrogen) atoms. The van der Waals surface area contributed by atoms with Gasteiger partial charge in [0.2, 0.25) is 5.91 Å². The van der Waals surface area contributed by atoms with Crippen molar-refractivity contribution in [2.75, 3.05) is 5.32 Å². The molecule has 0 aliphatic carbocycles. The van der Waals surface area contributed by atoms with Gasteiger partial charge in [-0.05, 0) is 49.2 Å². The lowest BCUT2D eigenvalue weighted by Gasteiger charge is -2.24. The molecule has 0 spiro atoms. The second kappa shape index (κ2) is 8.47. The van der Waals surface area contributed by atoms with Gasteiger partial charge in [0.05, 0.1) is 5.69 Å².